The molecule has 4 N–H and O–H groups in total. The van der Waals surface area contributed by atoms with Gasteiger partial charge in [0.2, 0.25) is 0 Å². The molecule has 204 valence electrons. The number of aliphatic hydroxyl groups excluding tert-OH is 2. The van der Waals surface area contributed by atoms with Crippen molar-refractivity contribution in [2.75, 3.05) is 20.2 Å². The first kappa shape index (κ1) is 28.2. The van der Waals surface area contributed by atoms with Gasteiger partial charge in [0.15, 0.2) is 0 Å². The molecule has 1 aromatic carbocycles. The van der Waals surface area contributed by atoms with E-state index < -0.39 is 29.6 Å². The maximum atomic E-state index is 13.4. The summed E-state index contributed by atoms with van der Waals surface area (Å²) in [4.78, 5) is 29.6. The Bertz CT molecular complexity index is 1160. The summed E-state index contributed by atoms with van der Waals surface area (Å²) in [5, 5.41) is 28.1. The van der Waals surface area contributed by atoms with E-state index in [-0.39, 0.29) is 32.6 Å². The lowest BCUT2D eigenvalue weighted by molar-refractivity contribution is -0.117. The Hall–Kier alpha value is -2.82. The van der Waals surface area contributed by atoms with E-state index >= 15 is 0 Å². The van der Waals surface area contributed by atoms with Gasteiger partial charge in [-0.3, -0.25) is 14.5 Å². The fourth-order valence-electron chi connectivity index (χ4n) is 5.64. The molecule has 3 aliphatic rings. The number of methoxy groups -OCH3 is 1. The van der Waals surface area contributed by atoms with Crippen LogP contribution in [0.3, 0.4) is 0 Å². The third kappa shape index (κ3) is 5.34. The van der Waals surface area contributed by atoms with Crippen molar-refractivity contribution in [3.05, 3.63) is 52.0 Å². The van der Waals surface area contributed by atoms with Crippen molar-refractivity contribution >= 4 is 46.2 Å². The van der Waals surface area contributed by atoms with Gasteiger partial charge < -0.3 is 25.6 Å². The van der Waals surface area contributed by atoms with E-state index in [1.807, 2.05) is 26.0 Å². The summed E-state index contributed by atoms with van der Waals surface area (Å²) in [7, 11) is 1.61. The fraction of sp³-hybridized carbons (Fsp3) is 0.500. The minimum Gasteiger partial charge on any atom is -0.511 e. The highest BCUT2D eigenvalue weighted by Gasteiger charge is 2.43. The van der Waals surface area contributed by atoms with E-state index in [4.69, 9.17) is 29.2 Å². The largest absolute Gasteiger partial charge is 0.511 e. The molecule has 0 saturated carbocycles. The van der Waals surface area contributed by atoms with E-state index in [9.17, 15) is 19.8 Å². The van der Waals surface area contributed by atoms with Crippen LogP contribution in [-0.2, 0) is 16.1 Å². The maximum Gasteiger partial charge on any atom is 0.256 e. The first-order chi connectivity index (χ1) is 18.2. The Morgan fingerprint density at radius 1 is 0.947 bits per heavy atom. The van der Waals surface area contributed by atoms with Crippen molar-refractivity contribution in [1.82, 2.24) is 15.5 Å². The molecule has 38 heavy (non-hydrogen) atoms. The second kappa shape index (κ2) is 11.9. The molecule has 2 amide bonds. The number of amides is 2. The number of nitrogens with one attached hydrogen (secondary N) is 2. The highest BCUT2D eigenvalue weighted by Crippen LogP contribution is 2.42. The molecule has 3 aliphatic heterocycles. The van der Waals surface area contributed by atoms with Crippen molar-refractivity contribution < 1.29 is 24.5 Å². The number of piperidine rings is 1. The van der Waals surface area contributed by atoms with Gasteiger partial charge in [-0.2, -0.15) is 0 Å². The molecule has 1 fully saturated rings. The van der Waals surface area contributed by atoms with Crippen LogP contribution in [-0.4, -0.2) is 57.1 Å². The Morgan fingerprint density at radius 3 is 1.95 bits per heavy atom. The molecule has 0 radical (unpaired) electrons. The number of nitrogens with zero attached hydrogens (tertiary/aromatic N) is 1. The van der Waals surface area contributed by atoms with Gasteiger partial charge >= 0.3 is 0 Å². The van der Waals surface area contributed by atoms with Crippen LogP contribution in [0.4, 0.5) is 0 Å². The second-order valence-corrected chi connectivity index (χ2v) is 10.9. The molecule has 0 bridgehead atoms. The summed E-state index contributed by atoms with van der Waals surface area (Å²) in [6.07, 6.45) is 4.39. The van der Waals surface area contributed by atoms with Crippen molar-refractivity contribution in [1.29, 1.82) is 0 Å². The Kier molecular flexibility index (Phi) is 8.85. The third-order valence-corrected chi connectivity index (χ3v) is 8.46. The SMILES string of the molecule is CC[C@H]1C(=S)NC(=O)C(C(C2=C(O)[C@@H](CC)C(=S)NC2=O)c2ccc(OC)c(CN3CCCCC3)c2)=C1O. The maximum absolute atomic E-state index is 13.4. The first-order valence-corrected chi connectivity index (χ1v) is 14.0. The zero-order chi connectivity index (χ0) is 27.6. The molecule has 2 atom stereocenters. The van der Waals surface area contributed by atoms with Gasteiger partial charge in [-0.15, -0.1) is 0 Å². The van der Waals surface area contributed by atoms with E-state index in [0.29, 0.717) is 30.7 Å². The standard InChI is InChI=1S/C28H35N3O5S2/c1-4-17-23(32)21(25(34)29-27(17)37)20(22-24(33)18(5-2)28(38)30-26(22)35)15-9-10-19(36-3)16(13-15)14-31-11-7-6-8-12-31/h9-10,13,17-18,20,32-33H,4-8,11-12,14H2,1-3H3,(H,29,34,37)(H,30,35,38)/t17-,18-/m1/s1. The number of benzene rings is 1. The number of aliphatic hydroxyl groups is 2. The molecule has 3 heterocycles. The highest BCUT2D eigenvalue weighted by molar-refractivity contribution is 7.80. The number of thiocarbonyl (C=S) groups is 2. The summed E-state index contributed by atoms with van der Waals surface area (Å²) < 4.78 is 5.65. The molecule has 10 heteroatoms. The van der Waals surface area contributed by atoms with Gasteiger partial charge in [0.25, 0.3) is 11.8 Å². The minimum absolute atomic E-state index is 0.00101. The van der Waals surface area contributed by atoms with Crippen LogP contribution in [0.15, 0.2) is 40.9 Å². The van der Waals surface area contributed by atoms with Crippen LogP contribution in [0.25, 0.3) is 0 Å². The number of rotatable bonds is 8. The summed E-state index contributed by atoms with van der Waals surface area (Å²) in [5.74, 6) is -3.07. The Morgan fingerprint density at radius 2 is 1.47 bits per heavy atom. The predicted octanol–water partition coefficient (Wildman–Crippen LogP) is 4.36. The van der Waals surface area contributed by atoms with Crippen LogP contribution < -0.4 is 15.4 Å². The van der Waals surface area contributed by atoms with Gasteiger partial charge in [0, 0.05) is 12.1 Å². The summed E-state index contributed by atoms with van der Waals surface area (Å²) in [5.41, 5.74) is 1.48. The van der Waals surface area contributed by atoms with E-state index in [0.717, 1.165) is 31.5 Å². The van der Waals surface area contributed by atoms with E-state index in [1.165, 1.54) is 6.42 Å². The average Bonchev–Trinajstić information content (AvgIpc) is 2.88. The van der Waals surface area contributed by atoms with Crippen molar-refractivity contribution in [2.24, 2.45) is 11.8 Å². The van der Waals surface area contributed by atoms with Crippen LogP contribution in [0.5, 0.6) is 5.75 Å². The van der Waals surface area contributed by atoms with E-state index in [1.54, 1.807) is 13.2 Å². The minimum atomic E-state index is -1.05. The number of hydrogen-bond acceptors (Lipinski definition) is 8. The lowest BCUT2D eigenvalue weighted by atomic mass is 9.76. The molecule has 8 nitrogen and oxygen atoms in total. The van der Waals surface area contributed by atoms with Crippen LogP contribution in [0.2, 0.25) is 0 Å². The predicted molar refractivity (Wildman–Crippen MR) is 153 cm³/mol. The second-order valence-electron chi connectivity index (χ2n) is 10.00. The smallest absolute Gasteiger partial charge is 0.256 e. The Balaban J connectivity index is 1.93. The molecule has 0 unspecified atom stereocenters. The van der Waals surface area contributed by atoms with Crippen molar-refractivity contribution in [3.8, 4) is 5.75 Å². The van der Waals surface area contributed by atoms with Gasteiger partial charge in [-0.05, 0) is 56.5 Å². The molecule has 0 aliphatic carbocycles. The summed E-state index contributed by atoms with van der Waals surface area (Å²) >= 11 is 10.7. The van der Waals surface area contributed by atoms with Gasteiger partial charge in [-0.25, -0.2) is 0 Å². The van der Waals surface area contributed by atoms with Gasteiger partial charge in [0.1, 0.15) is 17.3 Å². The number of carbonyl (C=O) groups is 2. The molecule has 1 saturated heterocycles. The zero-order valence-electron chi connectivity index (χ0n) is 22.0. The van der Waals surface area contributed by atoms with Crippen LogP contribution in [0, 0.1) is 11.8 Å². The van der Waals surface area contributed by atoms with E-state index in [2.05, 4.69) is 15.5 Å². The quantitative estimate of drug-likeness (QED) is 0.349. The number of likely N-dealkylation sites (tertiary alicyclic amines) is 1. The lowest BCUT2D eigenvalue weighted by Crippen LogP contribution is -2.46. The average molecular weight is 558 g/mol. The molecular formula is C28H35N3O5S2. The third-order valence-electron chi connectivity index (χ3n) is 7.68. The van der Waals surface area contributed by atoms with Crippen molar-refractivity contribution in [3.63, 3.8) is 0 Å². The fourth-order valence-corrected chi connectivity index (χ4v) is 6.38. The van der Waals surface area contributed by atoms with Crippen molar-refractivity contribution in [2.45, 2.75) is 58.4 Å². The zero-order valence-corrected chi connectivity index (χ0v) is 23.6. The lowest BCUT2D eigenvalue weighted by Gasteiger charge is -2.34. The van der Waals surface area contributed by atoms with Gasteiger partial charge in [-0.1, -0.05) is 50.8 Å². The summed E-state index contributed by atoms with van der Waals surface area (Å²) in [6.45, 7) is 6.31. The number of ether oxygens (including phenoxy) is 1. The summed E-state index contributed by atoms with van der Waals surface area (Å²) in [6, 6.07) is 5.48. The van der Waals surface area contributed by atoms with Gasteiger partial charge in [0.05, 0.1) is 46.0 Å². The monoisotopic (exact) mass is 557 g/mol. The van der Waals surface area contributed by atoms with Crippen LogP contribution >= 0.6 is 24.4 Å². The van der Waals surface area contributed by atoms with Crippen LogP contribution in [0.1, 0.15) is 63.0 Å². The molecule has 0 spiro atoms. The highest BCUT2D eigenvalue weighted by atomic mass is 32.1. The molecular weight excluding hydrogens is 522 g/mol. The molecule has 1 aromatic rings. The Labute approximate surface area is 234 Å². The first-order valence-electron chi connectivity index (χ1n) is 13.2. The normalized spacial score (nSPS) is 23.2. The topological polar surface area (TPSA) is 111 Å². The molecule has 0 aromatic heterocycles. The number of carbonyl (C=O) groups excluding carboxylic acids is 2. The number of hydrogen-bond donors (Lipinski definition) is 4. The molecule has 4 rings (SSSR count).